The lowest BCUT2D eigenvalue weighted by atomic mass is 10.5. The summed E-state index contributed by atoms with van der Waals surface area (Å²) in [5, 5.41) is 6.21. The average Bonchev–Trinajstić information content (AvgIpc) is 2.91. The molecule has 106 valence electrons. The number of rotatable bonds is 5. The van der Waals surface area contributed by atoms with Gasteiger partial charge in [0.2, 0.25) is 5.95 Å². The molecule has 0 bridgehead atoms. The summed E-state index contributed by atoms with van der Waals surface area (Å²) >= 11 is 1.64. The van der Waals surface area contributed by atoms with Crippen LogP contribution in [0.4, 0.5) is 17.6 Å². The lowest BCUT2D eigenvalue weighted by Gasteiger charge is -2.16. The molecule has 0 unspecified atom stereocenters. The van der Waals surface area contributed by atoms with Crippen LogP contribution < -0.4 is 15.2 Å². The van der Waals surface area contributed by atoms with Crippen molar-refractivity contribution in [2.75, 3.05) is 43.4 Å². The summed E-state index contributed by atoms with van der Waals surface area (Å²) in [4.78, 5) is 13.7. The van der Waals surface area contributed by atoms with Crippen LogP contribution in [0.1, 0.15) is 4.88 Å². The third kappa shape index (κ3) is 3.67. The van der Waals surface area contributed by atoms with Gasteiger partial charge in [-0.3, -0.25) is 5.43 Å². The molecular weight excluding hydrogens is 272 g/mol. The van der Waals surface area contributed by atoms with Crippen LogP contribution in [0.3, 0.4) is 0 Å². The third-order valence-electron chi connectivity index (χ3n) is 2.47. The quantitative estimate of drug-likeness (QED) is 0.675. The minimum absolute atomic E-state index is 0.644. The highest BCUT2D eigenvalue weighted by Crippen LogP contribution is 2.17. The zero-order valence-electron chi connectivity index (χ0n) is 12.0. The number of aromatic nitrogens is 2. The van der Waals surface area contributed by atoms with Crippen molar-refractivity contribution < 1.29 is 0 Å². The second kappa shape index (κ2) is 6.33. The number of anilines is 3. The fraction of sp³-hybridized carbons (Fsp3) is 0.308. The highest BCUT2D eigenvalue weighted by Gasteiger charge is 2.07. The Morgan fingerprint density at radius 3 is 2.60 bits per heavy atom. The van der Waals surface area contributed by atoms with Gasteiger partial charge in [-0.25, -0.2) is 0 Å². The molecule has 20 heavy (non-hydrogen) atoms. The first-order chi connectivity index (χ1) is 9.56. The molecule has 2 aromatic heterocycles. The molecule has 0 fully saturated rings. The molecule has 0 saturated heterocycles. The summed E-state index contributed by atoms with van der Waals surface area (Å²) in [6, 6.07) is 5.86. The van der Waals surface area contributed by atoms with Gasteiger partial charge in [0.15, 0.2) is 5.82 Å². The molecule has 6 nitrogen and oxygen atoms in total. The first-order valence-electron chi connectivity index (χ1n) is 6.12. The molecule has 2 rings (SSSR count). The molecule has 2 heterocycles. The SMILES string of the molecule is CN(C)c1cc(N/N=C/c2cccs2)nc(N(C)C)n1. The Labute approximate surface area is 122 Å². The monoisotopic (exact) mass is 290 g/mol. The van der Waals surface area contributed by atoms with Crippen LogP contribution in [0.15, 0.2) is 28.7 Å². The van der Waals surface area contributed by atoms with Gasteiger partial charge in [0.1, 0.15) is 5.82 Å². The molecule has 0 amide bonds. The van der Waals surface area contributed by atoms with Crippen molar-refractivity contribution in [2.45, 2.75) is 0 Å². The van der Waals surface area contributed by atoms with Crippen molar-refractivity contribution in [1.29, 1.82) is 0 Å². The van der Waals surface area contributed by atoms with Crippen LogP contribution >= 0.6 is 11.3 Å². The molecule has 0 aliphatic rings. The molecule has 0 saturated carbocycles. The first-order valence-corrected chi connectivity index (χ1v) is 7.00. The number of thiophene rings is 1. The lowest BCUT2D eigenvalue weighted by molar-refractivity contribution is 0.966. The Morgan fingerprint density at radius 1 is 1.20 bits per heavy atom. The second-order valence-corrected chi connectivity index (χ2v) is 5.56. The van der Waals surface area contributed by atoms with Crippen molar-refractivity contribution in [1.82, 2.24) is 9.97 Å². The molecule has 0 aliphatic heterocycles. The summed E-state index contributed by atoms with van der Waals surface area (Å²) in [6.45, 7) is 0. The topological polar surface area (TPSA) is 56.6 Å². The van der Waals surface area contributed by atoms with E-state index in [9.17, 15) is 0 Å². The largest absolute Gasteiger partial charge is 0.363 e. The van der Waals surface area contributed by atoms with Crippen molar-refractivity contribution in [3.05, 3.63) is 28.5 Å². The third-order valence-corrected chi connectivity index (χ3v) is 3.28. The standard InChI is InChI=1S/C13H18N6S/c1-18(2)12-8-11(15-13(16-12)19(3)4)17-14-9-10-6-5-7-20-10/h5-9H,1-4H3,(H,15,16,17)/b14-9+. The molecule has 0 aliphatic carbocycles. The zero-order chi connectivity index (χ0) is 14.5. The summed E-state index contributed by atoms with van der Waals surface area (Å²) in [5.74, 6) is 2.14. The highest BCUT2D eigenvalue weighted by molar-refractivity contribution is 7.11. The summed E-state index contributed by atoms with van der Waals surface area (Å²) in [6.07, 6.45) is 1.78. The van der Waals surface area contributed by atoms with Gasteiger partial charge in [-0.15, -0.1) is 11.3 Å². The molecular formula is C13H18N6S. The van der Waals surface area contributed by atoms with E-state index in [2.05, 4.69) is 20.5 Å². The predicted molar refractivity (Wildman–Crippen MR) is 86.2 cm³/mol. The van der Waals surface area contributed by atoms with Gasteiger partial charge in [0.25, 0.3) is 0 Å². The minimum Gasteiger partial charge on any atom is -0.363 e. The van der Waals surface area contributed by atoms with Gasteiger partial charge in [-0.05, 0) is 11.4 Å². The number of hydrogen-bond acceptors (Lipinski definition) is 7. The van der Waals surface area contributed by atoms with Gasteiger partial charge >= 0.3 is 0 Å². The van der Waals surface area contributed by atoms with Crippen LogP contribution in [-0.2, 0) is 0 Å². The molecule has 0 atom stereocenters. The van der Waals surface area contributed by atoms with Crippen molar-refractivity contribution in [3.63, 3.8) is 0 Å². The van der Waals surface area contributed by atoms with E-state index in [4.69, 9.17) is 0 Å². The van der Waals surface area contributed by atoms with Gasteiger partial charge in [0.05, 0.1) is 6.21 Å². The zero-order valence-corrected chi connectivity index (χ0v) is 12.8. The molecule has 2 aromatic rings. The fourth-order valence-corrected chi connectivity index (χ4v) is 2.02. The predicted octanol–water partition coefficient (Wildman–Crippen LogP) is 2.12. The van der Waals surface area contributed by atoms with Gasteiger partial charge in [0, 0.05) is 39.1 Å². The smallest absolute Gasteiger partial charge is 0.228 e. The van der Waals surface area contributed by atoms with Crippen LogP contribution in [0.5, 0.6) is 0 Å². The van der Waals surface area contributed by atoms with Gasteiger partial charge in [-0.1, -0.05) is 6.07 Å². The summed E-state index contributed by atoms with van der Waals surface area (Å²) in [5.41, 5.74) is 2.95. The number of nitrogens with zero attached hydrogens (tertiary/aromatic N) is 5. The Morgan fingerprint density at radius 2 is 2.00 bits per heavy atom. The number of hydrogen-bond donors (Lipinski definition) is 1. The van der Waals surface area contributed by atoms with Gasteiger partial charge in [-0.2, -0.15) is 15.1 Å². The maximum Gasteiger partial charge on any atom is 0.228 e. The molecule has 0 radical (unpaired) electrons. The van der Waals surface area contributed by atoms with E-state index in [1.54, 1.807) is 17.6 Å². The van der Waals surface area contributed by atoms with Crippen LogP contribution in [-0.4, -0.2) is 44.4 Å². The minimum atomic E-state index is 0.644. The Bertz CT molecular complexity index is 550. The molecule has 0 aromatic carbocycles. The lowest BCUT2D eigenvalue weighted by Crippen LogP contribution is -2.17. The van der Waals surface area contributed by atoms with E-state index in [-0.39, 0.29) is 0 Å². The summed E-state index contributed by atoms with van der Waals surface area (Å²) in [7, 11) is 7.71. The maximum absolute atomic E-state index is 4.44. The van der Waals surface area contributed by atoms with E-state index in [0.717, 1.165) is 10.7 Å². The van der Waals surface area contributed by atoms with Crippen LogP contribution in [0.25, 0.3) is 0 Å². The maximum atomic E-state index is 4.44. The molecule has 7 heteroatoms. The summed E-state index contributed by atoms with van der Waals surface area (Å²) < 4.78 is 0. The van der Waals surface area contributed by atoms with E-state index < -0.39 is 0 Å². The normalized spacial score (nSPS) is 10.8. The van der Waals surface area contributed by atoms with E-state index in [1.165, 1.54) is 0 Å². The van der Waals surface area contributed by atoms with Crippen molar-refractivity contribution in [3.8, 4) is 0 Å². The fourth-order valence-electron chi connectivity index (χ4n) is 1.44. The second-order valence-electron chi connectivity index (χ2n) is 4.59. The van der Waals surface area contributed by atoms with E-state index in [0.29, 0.717) is 11.8 Å². The van der Waals surface area contributed by atoms with Crippen molar-refractivity contribution in [2.24, 2.45) is 5.10 Å². The van der Waals surface area contributed by atoms with Crippen molar-refractivity contribution >= 4 is 35.1 Å². The molecule has 1 N–H and O–H groups in total. The van der Waals surface area contributed by atoms with Crippen LogP contribution in [0.2, 0.25) is 0 Å². The van der Waals surface area contributed by atoms with Gasteiger partial charge < -0.3 is 9.80 Å². The average molecular weight is 290 g/mol. The van der Waals surface area contributed by atoms with Crippen LogP contribution in [0, 0.1) is 0 Å². The highest BCUT2D eigenvalue weighted by atomic mass is 32.1. The number of nitrogens with one attached hydrogen (secondary N) is 1. The van der Waals surface area contributed by atoms with E-state index >= 15 is 0 Å². The Kier molecular flexibility index (Phi) is 4.52. The van der Waals surface area contributed by atoms with E-state index in [1.807, 2.05) is 61.6 Å². The Hall–Kier alpha value is -2.15. The Balaban J connectivity index is 2.18. The first kappa shape index (κ1) is 14.3. The molecule has 0 spiro atoms. The number of hydrazone groups is 1.